The highest BCUT2D eigenvalue weighted by Gasteiger charge is 2.32. The molecule has 122 valence electrons. The smallest absolute Gasteiger partial charge is 0.223 e. The summed E-state index contributed by atoms with van der Waals surface area (Å²) in [5, 5.41) is 0. The van der Waals surface area contributed by atoms with Crippen molar-refractivity contribution < 1.29 is 13.2 Å². The zero-order chi connectivity index (χ0) is 15.5. The van der Waals surface area contributed by atoms with Gasteiger partial charge in [-0.2, -0.15) is 0 Å². The van der Waals surface area contributed by atoms with E-state index in [1.807, 2.05) is 0 Å². The fraction of sp³-hybridized carbons (Fsp3) is 0.929. The minimum absolute atomic E-state index is 0.0648. The summed E-state index contributed by atoms with van der Waals surface area (Å²) in [6.45, 7) is 8.21. The van der Waals surface area contributed by atoms with Gasteiger partial charge in [-0.05, 0) is 13.0 Å². The molecule has 21 heavy (non-hydrogen) atoms. The maximum atomic E-state index is 12.2. The lowest BCUT2D eigenvalue weighted by Gasteiger charge is -2.34. The summed E-state index contributed by atoms with van der Waals surface area (Å²) in [7, 11) is -1.19. The summed E-state index contributed by atoms with van der Waals surface area (Å²) in [6.07, 6.45) is 1.07. The molecule has 2 rings (SSSR count). The summed E-state index contributed by atoms with van der Waals surface area (Å²) in [6, 6.07) is -0.126. The third kappa shape index (κ3) is 4.66. The van der Waals surface area contributed by atoms with Gasteiger partial charge in [-0.25, -0.2) is 8.42 Å². The largest absolute Gasteiger partial charge is 0.342 e. The molecule has 0 aromatic heterocycles. The highest BCUT2D eigenvalue weighted by atomic mass is 32.2. The third-order valence-corrected chi connectivity index (χ3v) is 6.45. The number of rotatable bonds is 5. The van der Waals surface area contributed by atoms with E-state index >= 15 is 0 Å². The average molecular weight is 317 g/mol. The zero-order valence-corrected chi connectivity index (χ0v) is 13.9. The Balaban J connectivity index is 1.72. The molecule has 0 spiro atoms. The maximum Gasteiger partial charge on any atom is 0.223 e. The zero-order valence-electron chi connectivity index (χ0n) is 13.1. The Kier molecular flexibility index (Phi) is 5.62. The van der Waals surface area contributed by atoms with Gasteiger partial charge >= 0.3 is 0 Å². The van der Waals surface area contributed by atoms with Crippen LogP contribution in [0.2, 0.25) is 0 Å². The van der Waals surface area contributed by atoms with Crippen LogP contribution in [-0.4, -0.2) is 92.9 Å². The van der Waals surface area contributed by atoms with E-state index in [4.69, 9.17) is 0 Å². The van der Waals surface area contributed by atoms with Crippen molar-refractivity contribution in [1.29, 1.82) is 0 Å². The van der Waals surface area contributed by atoms with Crippen molar-refractivity contribution in [2.45, 2.75) is 25.8 Å². The number of hydrogen-bond acceptors (Lipinski definition) is 5. The summed E-state index contributed by atoms with van der Waals surface area (Å²) in [5.74, 6) is 0.411. The third-order valence-electron chi connectivity index (χ3n) is 4.70. The molecule has 2 fully saturated rings. The van der Waals surface area contributed by atoms with Gasteiger partial charge in [-0.3, -0.25) is 4.79 Å². The molecule has 2 saturated heterocycles. The molecule has 1 atom stereocenters. The number of hydrogen-bond donors (Lipinski definition) is 0. The Labute approximate surface area is 128 Å². The Bertz CT molecular complexity index is 458. The average Bonchev–Trinajstić information content (AvgIpc) is 2.84. The van der Waals surface area contributed by atoms with Gasteiger partial charge in [0.1, 0.15) is 0 Å². The van der Waals surface area contributed by atoms with Crippen molar-refractivity contribution in [3.63, 3.8) is 0 Å². The minimum Gasteiger partial charge on any atom is -0.342 e. The van der Waals surface area contributed by atoms with E-state index in [0.29, 0.717) is 12.8 Å². The number of sulfone groups is 1. The SMILES string of the molecule is CCN1CCN(CCC(=O)N(C)C2CCS(=O)(=O)C2)CC1. The Morgan fingerprint density at radius 2 is 1.81 bits per heavy atom. The molecule has 1 amide bonds. The molecule has 2 heterocycles. The van der Waals surface area contributed by atoms with Gasteiger partial charge in [0.25, 0.3) is 0 Å². The van der Waals surface area contributed by atoms with Crippen LogP contribution in [0.5, 0.6) is 0 Å². The standard InChI is InChI=1S/C14H27N3O3S/c1-3-16-7-9-17(10-8-16)6-4-14(18)15(2)13-5-11-21(19,20)12-13/h13H,3-12H2,1-2H3. The molecular weight excluding hydrogens is 290 g/mol. The molecular formula is C14H27N3O3S. The van der Waals surface area contributed by atoms with E-state index in [-0.39, 0.29) is 23.5 Å². The molecule has 2 aliphatic rings. The fourth-order valence-electron chi connectivity index (χ4n) is 3.04. The molecule has 7 heteroatoms. The highest BCUT2D eigenvalue weighted by Crippen LogP contribution is 2.17. The van der Waals surface area contributed by atoms with Crippen LogP contribution in [0.1, 0.15) is 19.8 Å². The first-order chi connectivity index (χ1) is 9.91. The second kappa shape index (κ2) is 7.07. The number of amides is 1. The van der Waals surface area contributed by atoms with Gasteiger partial charge in [-0.1, -0.05) is 6.92 Å². The summed E-state index contributed by atoms with van der Waals surface area (Å²) in [4.78, 5) is 18.6. The van der Waals surface area contributed by atoms with Gasteiger partial charge in [0.05, 0.1) is 11.5 Å². The van der Waals surface area contributed by atoms with E-state index in [2.05, 4.69) is 16.7 Å². The van der Waals surface area contributed by atoms with Crippen molar-refractivity contribution in [2.24, 2.45) is 0 Å². The predicted molar refractivity (Wildman–Crippen MR) is 83.0 cm³/mol. The second-order valence-electron chi connectivity index (χ2n) is 6.09. The van der Waals surface area contributed by atoms with E-state index in [9.17, 15) is 13.2 Å². The predicted octanol–water partition coefficient (Wildman–Crippen LogP) is -0.340. The van der Waals surface area contributed by atoms with Crippen LogP contribution < -0.4 is 0 Å². The van der Waals surface area contributed by atoms with Crippen LogP contribution >= 0.6 is 0 Å². The van der Waals surface area contributed by atoms with Gasteiger partial charge < -0.3 is 14.7 Å². The highest BCUT2D eigenvalue weighted by molar-refractivity contribution is 7.91. The molecule has 0 bridgehead atoms. The summed E-state index contributed by atoms with van der Waals surface area (Å²) in [5.41, 5.74) is 0. The van der Waals surface area contributed by atoms with E-state index < -0.39 is 9.84 Å². The van der Waals surface area contributed by atoms with Gasteiger partial charge in [0, 0.05) is 52.2 Å². The quantitative estimate of drug-likeness (QED) is 0.694. The number of nitrogens with zero attached hydrogens (tertiary/aromatic N) is 3. The monoisotopic (exact) mass is 317 g/mol. The molecule has 2 aliphatic heterocycles. The normalized spacial score (nSPS) is 26.9. The van der Waals surface area contributed by atoms with Crippen molar-refractivity contribution in [3.8, 4) is 0 Å². The Morgan fingerprint density at radius 1 is 1.19 bits per heavy atom. The Hall–Kier alpha value is -0.660. The second-order valence-corrected chi connectivity index (χ2v) is 8.32. The molecule has 6 nitrogen and oxygen atoms in total. The molecule has 1 unspecified atom stereocenters. The van der Waals surface area contributed by atoms with Crippen LogP contribution in [0.4, 0.5) is 0 Å². The van der Waals surface area contributed by atoms with Crippen LogP contribution in [0, 0.1) is 0 Å². The van der Waals surface area contributed by atoms with Gasteiger partial charge in [-0.15, -0.1) is 0 Å². The van der Waals surface area contributed by atoms with Crippen LogP contribution in [0.15, 0.2) is 0 Å². The van der Waals surface area contributed by atoms with Crippen molar-refractivity contribution in [1.82, 2.24) is 14.7 Å². The van der Waals surface area contributed by atoms with Crippen LogP contribution in [0.25, 0.3) is 0 Å². The molecule has 0 aliphatic carbocycles. The lowest BCUT2D eigenvalue weighted by atomic mass is 10.2. The van der Waals surface area contributed by atoms with Crippen LogP contribution in [0.3, 0.4) is 0 Å². The van der Waals surface area contributed by atoms with E-state index in [0.717, 1.165) is 39.3 Å². The van der Waals surface area contributed by atoms with E-state index in [1.54, 1.807) is 11.9 Å². The number of carbonyl (C=O) groups is 1. The number of carbonyl (C=O) groups excluding carboxylic acids is 1. The lowest BCUT2D eigenvalue weighted by molar-refractivity contribution is -0.132. The molecule has 0 aromatic rings. The van der Waals surface area contributed by atoms with E-state index in [1.165, 1.54) is 0 Å². The lowest BCUT2D eigenvalue weighted by Crippen LogP contribution is -2.47. The van der Waals surface area contributed by atoms with Crippen molar-refractivity contribution in [2.75, 3.05) is 57.8 Å². The number of likely N-dealkylation sites (N-methyl/N-ethyl adjacent to an activating group) is 1. The first-order valence-electron chi connectivity index (χ1n) is 7.82. The van der Waals surface area contributed by atoms with Crippen molar-refractivity contribution in [3.05, 3.63) is 0 Å². The van der Waals surface area contributed by atoms with Gasteiger partial charge in [0.15, 0.2) is 9.84 Å². The molecule has 0 radical (unpaired) electrons. The maximum absolute atomic E-state index is 12.2. The summed E-state index contributed by atoms with van der Waals surface area (Å²) >= 11 is 0. The first-order valence-corrected chi connectivity index (χ1v) is 9.64. The molecule has 0 aromatic carbocycles. The Morgan fingerprint density at radius 3 is 2.33 bits per heavy atom. The first kappa shape index (κ1) is 16.7. The van der Waals surface area contributed by atoms with Gasteiger partial charge in [0.2, 0.25) is 5.91 Å². The topological polar surface area (TPSA) is 60.9 Å². The fourth-order valence-corrected chi connectivity index (χ4v) is 4.82. The molecule has 0 saturated carbocycles. The van der Waals surface area contributed by atoms with Crippen LogP contribution in [-0.2, 0) is 14.6 Å². The number of piperazine rings is 1. The molecule has 0 N–H and O–H groups in total. The summed E-state index contributed by atoms with van der Waals surface area (Å²) < 4.78 is 23.0. The minimum atomic E-state index is -2.93. The van der Waals surface area contributed by atoms with Crippen molar-refractivity contribution >= 4 is 15.7 Å².